The van der Waals surface area contributed by atoms with E-state index in [1.165, 1.54) is 11.3 Å². The molecule has 0 amide bonds. The van der Waals surface area contributed by atoms with Crippen molar-refractivity contribution in [3.63, 3.8) is 0 Å². The Kier molecular flexibility index (Phi) is 7.30. The molecule has 0 atom stereocenters. The van der Waals surface area contributed by atoms with Crippen molar-refractivity contribution >= 4 is 12.4 Å². The van der Waals surface area contributed by atoms with Gasteiger partial charge in [-0.3, -0.25) is 4.68 Å². The Hall–Kier alpha value is -2.47. The first-order valence-corrected chi connectivity index (χ1v) is 8.95. The van der Waals surface area contributed by atoms with E-state index in [2.05, 4.69) is 35.4 Å². The first kappa shape index (κ1) is 20.8. The zero-order chi connectivity index (χ0) is 18.5. The maximum atomic E-state index is 5.83. The average Bonchev–Trinajstić information content (AvgIpc) is 3.22. The topological polar surface area (TPSA) is 54.1 Å². The largest absolute Gasteiger partial charge is 0.497 e. The molecule has 0 spiro atoms. The van der Waals surface area contributed by atoms with Crippen LogP contribution in [0.15, 0.2) is 36.8 Å². The van der Waals surface area contributed by atoms with Crippen LogP contribution in [0.4, 0.5) is 0 Å². The number of imidazole rings is 1. The van der Waals surface area contributed by atoms with Gasteiger partial charge in [-0.25, -0.2) is 4.98 Å². The van der Waals surface area contributed by atoms with E-state index in [1.807, 2.05) is 41.5 Å². The van der Waals surface area contributed by atoms with E-state index < -0.39 is 0 Å². The molecule has 146 valence electrons. The highest BCUT2D eigenvalue weighted by atomic mass is 35.5. The third-order valence-corrected chi connectivity index (χ3v) is 4.50. The zero-order valence-electron chi connectivity index (χ0n) is 16.3. The van der Waals surface area contributed by atoms with Gasteiger partial charge in [0, 0.05) is 30.4 Å². The first-order valence-electron chi connectivity index (χ1n) is 8.95. The molecule has 6 nitrogen and oxygen atoms in total. The van der Waals surface area contributed by atoms with Crippen molar-refractivity contribution in [3.8, 4) is 22.8 Å². The van der Waals surface area contributed by atoms with Crippen LogP contribution in [-0.2, 0) is 13.1 Å². The summed E-state index contributed by atoms with van der Waals surface area (Å²) in [6, 6.07) is 7.68. The van der Waals surface area contributed by atoms with Crippen molar-refractivity contribution in [1.82, 2.24) is 19.3 Å². The maximum absolute atomic E-state index is 5.83. The number of aromatic nitrogens is 4. The minimum Gasteiger partial charge on any atom is -0.497 e. The van der Waals surface area contributed by atoms with Crippen molar-refractivity contribution in [2.75, 3.05) is 13.7 Å². The van der Waals surface area contributed by atoms with E-state index in [1.54, 1.807) is 7.11 Å². The lowest BCUT2D eigenvalue weighted by Gasteiger charge is -2.10. The molecule has 0 saturated heterocycles. The molecule has 3 aromatic rings. The molecule has 0 saturated carbocycles. The molecule has 7 heteroatoms. The summed E-state index contributed by atoms with van der Waals surface area (Å²) in [5.74, 6) is 1.63. The molecule has 0 aliphatic carbocycles. The van der Waals surface area contributed by atoms with Crippen LogP contribution in [0.25, 0.3) is 11.3 Å². The van der Waals surface area contributed by atoms with Gasteiger partial charge < -0.3 is 14.0 Å². The summed E-state index contributed by atoms with van der Waals surface area (Å²) < 4.78 is 15.3. The summed E-state index contributed by atoms with van der Waals surface area (Å²) in [6.45, 7) is 8.62. The average molecular weight is 391 g/mol. The second-order valence-electron chi connectivity index (χ2n) is 6.21. The fourth-order valence-corrected chi connectivity index (χ4v) is 3.20. The molecular formula is C20H27ClN4O2. The lowest BCUT2D eigenvalue weighted by Crippen LogP contribution is -2.05. The molecule has 0 aliphatic rings. The van der Waals surface area contributed by atoms with E-state index >= 15 is 0 Å². The van der Waals surface area contributed by atoms with Gasteiger partial charge in [0.15, 0.2) is 0 Å². The van der Waals surface area contributed by atoms with Crippen LogP contribution >= 0.6 is 12.4 Å². The normalized spacial score (nSPS) is 10.5. The van der Waals surface area contributed by atoms with Gasteiger partial charge in [0.05, 0.1) is 37.6 Å². The maximum Gasteiger partial charge on any atom is 0.122 e. The molecule has 0 fully saturated rings. The second-order valence-corrected chi connectivity index (χ2v) is 6.21. The highest BCUT2D eigenvalue weighted by Crippen LogP contribution is 2.27. The number of ether oxygens (including phenoxy) is 2. The SMILES string of the molecule is CCn1nc(C)c(-c2cncn2CCCOc2cccc(OC)c2)c1C.Cl. The van der Waals surface area contributed by atoms with Gasteiger partial charge in [-0.2, -0.15) is 5.10 Å². The predicted molar refractivity (Wildman–Crippen MR) is 109 cm³/mol. The van der Waals surface area contributed by atoms with Crippen LogP contribution in [0.2, 0.25) is 0 Å². The smallest absolute Gasteiger partial charge is 0.122 e. The molecule has 0 N–H and O–H groups in total. The first-order chi connectivity index (χ1) is 12.6. The van der Waals surface area contributed by atoms with Crippen LogP contribution in [-0.4, -0.2) is 33.0 Å². The fraction of sp³-hybridized carbons (Fsp3) is 0.400. The Morgan fingerprint density at radius 2 is 1.93 bits per heavy atom. The van der Waals surface area contributed by atoms with E-state index in [0.29, 0.717) is 6.61 Å². The van der Waals surface area contributed by atoms with Crippen molar-refractivity contribution in [3.05, 3.63) is 48.2 Å². The molecule has 0 unspecified atom stereocenters. The van der Waals surface area contributed by atoms with Crippen molar-refractivity contribution in [2.24, 2.45) is 0 Å². The third kappa shape index (κ3) is 4.63. The molecule has 0 radical (unpaired) electrons. The van der Waals surface area contributed by atoms with Crippen molar-refractivity contribution < 1.29 is 9.47 Å². The molecule has 0 aliphatic heterocycles. The number of aryl methyl sites for hydroxylation is 3. The zero-order valence-corrected chi connectivity index (χ0v) is 17.1. The summed E-state index contributed by atoms with van der Waals surface area (Å²) in [5, 5.41) is 4.62. The quantitative estimate of drug-likeness (QED) is 0.538. The number of rotatable bonds is 8. The van der Waals surface area contributed by atoms with Gasteiger partial charge in [0.25, 0.3) is 0 Å². The Balaban J connectivity index is 0.00000261. The minimum absolute atomic E-state index is 0. The van der Waals surface area contributed by atoms with Crippen LogP contribution in [0.5, 0.6) is 11.5 Å². The lowest BCUT2D eigenvalue weighted by atomic mass is 10.1. The van der Waals surface area contributed by atoms with Crippen LogP contribution in [0.1, 0.15) is 24.7 Å². The Morgan fingerprint density at radius 1 is 1.15 bits per heavy atom. The number of hydrogen-bond acceptors (Lipinski definition) is 4. The van der Waals surface area contributed by atoms with Gasteiger partial charge in [-0.15, -0.1) is 12.4 Å². The van der Waals surface area contributed by atoms with Crippen LogP contribution < -0.4 is 9.47 Å². The van der Waals surface area contributed by atoms with Gasteiger partial charge in [0.1, 0.15) is 11.5 Å². The Labute approximate surface area is 166 Å². The molecule has 2 heterocycles. The van der Waals surface area contributed by atoms with E-state index in [-0.39, 0.29) is 12.4 Å². The van der Waals surface area contributed by atoms with Gasteiger partial charge in [-0.05, 0) is 39.3 Å². The number of hydrogen-bond donors (Lipinski definition) is 0. The molecule has 27 heavy (non-hydrogen) atoms. The van der Waals surface area contributed by atoms with Crippen LogP contribution in [0.3, 0.4) is 0 Å². The van der Waals surface area contributed by atoms with Gasteiger partial charge >= 0.3 is 0 Å². The summed E-state index contributed by atoms with van der Waals surface area (Å²) in [6.07, 6.45) is 4.68. The summed E-state index contributed by atoms with van der Waals surface area (Å²) in [7, 11) is 1.66. The molecular weight excluding hydrogens is 364 g/mol. The number of halogens is 1. The highest BCUT2D eigenvalue weighted by molar-refractivity contribution is 5.85. The monoisotopic (exact) mass is 390 g/mol. The Morgan fingerprint density at radius 3 is 2.63 bits per heavy atom. The molecule has 0 bridgehead atoms. The summed E-state index contributed by atoms with van der Waals surface area (Å²) in [5.41, 5.74) is 4.51. The van der Waals surface area contributed by atoms with Gasteiger partial charge in [0.2, 0.25) is 0 Å². The lowest BCUT2D eigenvalue weighted by molar-refractivity contribution is 0.300. The van der Waals surface area contributed by atoms with E-state index in [0.717, 1.165) is 42.4 Å². The predicted octanol–water partition coefficient (Wildman–Crippen LogP) is 4.28. The third-order valence-electron chi connectivity index (χ3n) is 4.50. The fourth-order valence-electron chi connectivity index (χ4n) is 3.20. The molecule has 2 aromatic heterocycles. The standard InChI is InChI=1S/C20H26N4O2.ClH/c1-5-24-16(3)20(15(2)22-24)19-13-21-14-23(19)10-7-11-26-18-9-6-8-17(12-18)25-4;/h6,8-9,12-14H,5,7,10-11H2,1-4H3;1H. The minimum atomic E-state index is 0. The van der Waals surface area contributed by atoms with Crippen LogP contribution in [0, 0.1) is 13.8 Å². The number of methoxy groups -OCH3 is 1. The summed E-state index contributed by atoms with van der Waals surface area (Å²) >= 11 is 0. The molecule has 1 aromatic carbocycles. The van der Waals surface area contributed by atoms with Crippen molar-refractivity contribution in [2.45, 2.75) is 40.3 Å². The Bertz CT molecular complexity index is 873. The van der Waals surface area contributed by atoms with Crippen molar-refractivity contribution in [1.29, 1.82) is 0 Å². The number of benzene rings is 1. The van der Waals surface area contributed by atoms with E-state index in [9.17, 15) is 0 Å². The summed E-state index contributed by atoms with van der Waals surface area (Å²) in [4.78, 5) is 4.34. The molecule has 3 rings (SSSR count). The van der Waals surface area contributed by atoms with Gasteiger partial charge in [-0.1, -0.05) is 6.07 Å². The highest BCUT2D eigenvalue weighted by Gasteiger charge is 2.16. The number of nitrogens with zero attached hydrogens (tertiary/aromatic N) is 4. The second kappa shape index (κ2) is 9.46. The van der Waals surface area contributed by atoms with E-state index in [4.69, 9.17) is 9.47 Å².